The van der Waals surface area contributed by atoms with Crippen molar-refractivity contribution in [1.82, 2.24) is 4.40 Å². The van der Waals surface area contributed by atoms with Crippen LogP contribution >= 0.6 is 11.3 Å². The number of fused-ring (bicyclic) bond motifs is 1. The average molecular weight is 329 g/mol. The molecule has 0 radical (unpaired) electrons. The minimum atomic E-state index is -0.335. The van der Waals surface area contributed by atoms with Crippen LogP contribution in [-0.2, 0) is 16.0 Å². The Balaban J connectivity index is 2.15. The van der Waals surface area contributed by atoms with Crippen molar-refractivity contribution in [2.75, 3.05) is 14.2 Å². The van der Waals surface area contributed by atoms with E-state index in [2.05, 4.69) is 0 Å². The van der Waals surface area contributed by atoms with Gasteiger partial charge >= 0.3 is 5.97 Å². The van der Waals surface area contributed by atoms with E-state index < -0.39 is 0 Å². The Morgan fingerprint density at radius 2 is 2.13 bits per heavy atom. The van der Waals surface area contributed by atoms with E-state index in [1.54, 1.807) is 7.11 Å². The number of benzene rings is 1. The van der Waals surface area contributed by atoms with Gasteiger partial charge in [0.1, 0.15) is 10.6 Å². The zero-order valence-corrected chi connectivity index (χ0v) is 13.6. The molecule has 0 atom stereocenters. The van der Waals surface area contributed by atoms with E-state index in [1.807, 2.05) is 40.1 Å². The fraction of sp³-hybridized carbons (Fsp3) is 0.176. The monoisotopic (exact) mass is 329 g/mol. The quantitative estimate of drug-likeness (QED) is 0.533. The number of hydrogen-bond donors (Lipinski definition) is 0. The lowest BCUT2D eigenvalue weighted by Gasteiger charge is -2.05. The second kappa shape index (κ2) is 6.26. The molecule has 6 heteroatoms. The standard InChI is InChI=1S/C17H15NO4S/c1-21-13-5-3-4-11(6-13)14-8-16-18(15(14)9-19)12(10-23-16)7-17(20)22-2/h3-6,8-10H,7H2,1-2H3. The maximum absolute atomic E-state index is 11.7. The zero-order chi connectivity index (χ0) is 16.4. The van der Waals surface area contributed by atoms with Crippen molar-refractivity contribution >= 4 is 28.4 Å². The summed E-state index contributed by atoms with van der Waals surface area (Å²) < 4.78 is 11.8. The Hall–Kier alpha value is -2.60. The Bertz CT molecular complexity index is 878. The predicted octanol–water partition coefficient (Wildman–Crippen LogP) is 3.20. The van der Waals surface area contributed by atoms with Crippen molar-refractivity contribution in [3.05, 3.63) is 47.1 Å². The van der Waals surface area contributed by atoms with Gasteiger partial charge in [0.25, 0.3) is 0 Å². The van der Waals surface area contributed by atoms with Crippen LogP contribution in [0, 0.1) is 0 Å². The molecule has 2 aromatic heterocycles. The molecule has 0 bridgehead atoms. The van der Waals surface area contributed by atoms with Crippen LogP contribution in [0.2, 0.25) is 0 Å². The van der Waals surface area contributed by atoms with E-state index in [-0.39, 0.29) is 12.4 Å². The van der Waals surface area contributed by atoms with Crippen LogP contribution in [0.1, 0.15) is 16.2 Å². The SMILES string of the molecule is COC(=O)Cc1csc2cc(-c3cccc(OC)c3)c(C=O)n12. The molecule has 0 fully saturated rings. The minimum absolute atomic E-state index is 0.129. The number of rotatable bonds is 5. The first-order valence-electron chi connectivity index (χ1n) is 6.96. The van der Waals surface area contributed by atoms with E-state index in [1.165, 1.54) is 18.4 Å². The summed E-state index contributed by atoms with van der Waals surface area (Å²) in [5.74, 6) is 0.391. The topological polar surface area (TPSA) is 57.0 Å². The molecule has 0 N–H and O–H groups in total. The highest BCUT2D eigenvalue weighted by molar-refractivity contribution is 7.15. The van der Waals surface area contributed by atoms with Crippen molar-refractivity contribution < 1.29 is 19.1 Å². The summed E-state index contributed by atoms with van der Waals surface area (Å²) in [6.45, 7) is 0. The highest BCUT2D eigenvalue weighted by atomic mass is 32.1. The number of hydrogen-bond acceptors (Lipinski definition) is 5. The maximum Gasteiger partial charge on any atom is 0.311 e. The summed E-state index contributed by atoms with van der Waals surface area (Å²) in [7, 11) is 2.95. The Morgan fingerprint density at radius 1 is 1.30 bits per heavy atom. The Labute approximate surface area is 137 Å². The minimum Gasteiger partial charge on any atom is -0.497 e. The van der Waals surface area contributed by atoms with Gasteiger partial charge in [-0.1, -0.05) is 12.1 Å². The van der Waals surface area contributed by atoms with Crippen LogP contribution in [0.25, 0.3) is 16.0 Å². The van der Waals surface area contributed by atoms with Crippen LogP contribution < -0.4 is 4.74 Å². The van der Waals surface area contributed by atoms with Gasteiger partial charge in [-0.15, -0.1) is 11.3 Å². The van der Waals surface area contributed by atoms with Crippen LogP contribution in [-0.4, -0.2) is 30.9 Å². The predicted molar refractivity (Wildman–Crippen MR) is 88.4 cm³/mol. The highest BCUT2D eigenvalue weighted by Crippen LogP contribution is 2.32. The maximum atomic E-state index is 11.7. The van der Waals surface area contributed by atoms with Crippen molar-refractivity contribution in [3.63, 3.8) is 0 Å². The van der Waals surface area contributed by atoms with Crippen LogP contribution in [0.15, 0.2) is 35.7 Å². The van der Waals surface area contributed by atoms with Gasteiger partial charge in [0, 0.05) is 16.6 Å². The third-order valence-corrected chi connectivity index (χ3v) is 4.59. The van der Waals surface area contributed by atoms with E-state index in [9.17, 15) is 9.59 Å². The molecular weight excluding hydrogens is 314 g/mol. The second-order valence-electron chi connectivity index (χ2n) is 4.95. The molecular formula is C17H15NO4S. The molecule has 2 heterocycles. The highest BCUT2D eigenvalue weighted by Gasteiger charge is 2.17. The number of methoxy groups -OCH3 is 2. The number of thiazole rings is 1. The first-order chi connectivity index (χ1) is 11.2. The summed E-state index contributed by atoms with van der Waals surface area (Å²) in [5, 5.41) is 1.87. The normalized spacial score (nSPS) is 10.7. The number of ether oxygens (including phenoxy) is 2. The Morgan fingerprint density at radius 3 is 2.83 bits per heavy atom. The second-order valence-corrected chi connectivity index (χ2v) is 5.84. The lowest BCUT2D eigenvalue weighted by Crippen LogP contribution is -2.07. The number of aldehydes is 1. The molecule has 118 valence electrons. The lowest BCUT2D eigenvalue weighted by molar-refractivity contribution is -0.139. The third kappa shape index (κ3) is 2.73. The molecule has 23 heavy (non-hydrogen) atoms. The van der Waals surface area contributed by atoms with Gasteiger partial charge in [-0.25, -0.2) is 0 Å². The molecule has 5 nitrogen and oxygen atoms in total. The molecule has 0 aliphatic rings. The molecule has 0 aliphatic carbocycles. The van der Waals surface area contributed by atoms with Crippen LogP contribution in [0.5, 0.6) is 5.75 Å². The summed E-state index contributed by atoms with van der Waals surface area (Å²) in [6.07, 6.45) is 0.943. The average Bonchev–Trinajstić information content (AvgIpc) is 3.14. The van der Waals surface area contributed by atoms with Crippen molar-refractivity contribution in [2.45, 2.75) is 6.42 Å². The summed E-state index contributed by atoms with van der Waals surface area (Å²) in [6, 6.07) is 9.49. The smallest absolute Gasteiger partial charge is 0.311 e. The van der Waals surface area contributed by atoms with Crippen molar-refractivity contribution in [1.29, 1.82) is 0 Å². The van der Waals surface area contributed by atoms with Gasteiger partial charge in [0.2, 0.25) is 0 Å². The van der Waals surface area contributed by atoms with E-state index >= 15 is 0 Å². The Kier molecular flexibility index (Phi) is 4.16. The lowest BCUT2D eigenvalue weighted by atomic mass is 10.1. The molecule has 1 aromatic carbocycles. The molecule has 0 amide bonds. The van der Waals surface area contributed by atoms with E-state index in [0.29, 0.717) is 5.69 Å². The number of carbonyl (C=O) groups is 2. The zero-order valence-electron chi connectivity index (χ0n) is 12.7. The number of aromatic nitrogens is 1. The number of carbonyl (C=O) groups excluding carboxylic acids is 2. The van der Waals surface area contributed by atoms with Gasteiger partial charge in [-0.2, -0.15) is 0 Å². The van der Waals surface area contributed by atoms with Crippen LogP contribution in [0.4, 0.5) is 0 Å². The fourth-order valence-electron chi connectivity index (χ4n) is 2.54. The van der Waals surface area contributed by atoms with Gasteiger partial charge in [-0.05, 0) is 23.8 Å². The molecule has 0 saturated heterocycles. The van der Waals surface area contributed by atoms with E-state index in [4.69, 9.17) is 9.47 Å². The van der Waals surface area contributed by atoms with Gasteiger partial charge in [0.15, 0.2) is 6.29 Å². The number of esters is 1. The first kappa shape index (κ1) is 15.3. The molecule has 0 saturated carbocycles. The molecule has 3 rings (SSSR count). The molecule has 0 unspecified atom stereocenters. The molecule has 0 aliphatic heterocycles. The largest absolute Gasteiger partial charge is 0.497 e. The fourth-order valence-corrected chi connectivity index (χ4v) is 3.50. The van der Waals surface area contributed by atoms with Crippen molar-refractivity contribution in [2.24, 2.45) is 0 Å². The summed E-state index contributed by atoms with van der Waals surface area (Å²) >= 11 is 1.49. The summed E-state index contributed by atoms with van der Waals surface area (Å²) in [4.78, 5) is 24.1. The van der Waals surface area contributed by atoms with Crippen molar-refractivity contribution in [3.8, 4) is 16.9 Å². The number of nitrogens with zero attached hydrogens (tertiary/aromatic N) is 1. The summed E-state index contributed by atoms with van der Waals surface area (Å²) in [5.41, 5.74) is 2.98. The molecule has 0 spiro atoms. The van der Waals surface area contributed by atoms with Gasteiger partial charge in [-0.3, -0.25) is 9.59 Å². The molecule has 3 aromatic rings. The van der Waals surface area contributed by atoms with E-state index in [0.717, 1.165) is 33.7 Å². The van der Waals surface area contributed by atoms with Crippen LogP contribution in [0.3, 0.4) is 0 Å². The van der Waals surface area contributed by atoms with Gasteiger partial charge < -0.3 is 13.9 Å². The first-order valence-corrected chi connectivity index (χ1v) is 7.84. The van der Waals surface area contributed by atoms with Gasteiger partial charge in [0.05, 0.1) is 26.3 Å². The third-order valence-electron chi connectivity index (χ3n) is 3.65.